The number of nitrogens with zero attached hydrogens (tertiary/aromatic N) is 2. The van der Waals surface area contributed by atoms with Crippen LogP contribution in [0, 0.1) is 11.3 Å². The fourth-order valence-electron chi connectivity index (χ4n) is 1.05. The molecule has 0 spiro atoms. The molecular formula is C11H18N2O3S. The van der Waals surface area contributed by atoms with Gasteiger partial charge in [-0.05, 0) is 6.92 Å². The number of amides is 1. The van der Waals surface area contributed by atoms with Gasteiger partial charge in [0.1, 0.15) is 0 Å². The molecule has 0 unspecified atom stereocenters. The molecule has 0 saturated heterocycles. The van der Waals surface area contributed by atoms with Crippen LogP contribution in [-0.2, 0) is 14.3 Å². The van der Waals surface area contributed by atoms with Gasteiger partial charge in [0.15, 0.2) is 0 Å². The second-order valence-corrected chi connectivity index (χ2v) is 4.44. The zero-order valence-electron chi connectivity index (χ0n) is 10.3. The summed E-state index contributed by atoms with van der Waals surface area (Å²) in [7, 11) is 1.68. The second-order valence-electron chi connectivity index (χ2n) is 3.33. The van der Waals surface area contributed by atoms with E-state index in [1.165, 1.54) is 16.7 Å². The van der Waals surface area contributed by atoms with E-state index in [1.807, 2.05) is 6.07 Å². The van der Waals surface area contributed by atoms with Crippen molar-refractivity contribution >= 4 is 23.6 Å². The molecule has 0 rings (SSSR count). The summed E-state index contributed by atoms with van der Waals surface area (Å²) >= 11 is 1.38. The SMILES string of the molecule is CCOC(=O)CSCCC(=O)N(C)CCC#N. The summed E-state index contributed by atoms with van der Waals surface area (Å²) in [4.78, 5) is 24.0. The van der Waals surface area contributed by atoms with Crippen molar-refractivity contribution in [1.29, 1.82) is 5.26 Å². The minimum Gasteiger partial charge on any atom is -0.465 e. The van der Waals surface area contributed by atoms with Crippen molar-refractivity contribution in [2.45, 2.75) is 19.8 Å². The average Bonchev–Trinajstić information content (AvgIpc) is 2.31. The molecule has 0 heterocycles. The van der Waals surface area contributed by atoms with Crippen molar-refractivity contribution in [1.82, 2.24) is 4.90 Å². The zero-order valence-corrected chi connectivity index (χ0v) is 11.1. The van der Waals surface area contributed by atoms with E-state index < -0.39 is 0 Å². The van der Waals surface area contributed by atoms with E-state index in [1.54, 1.807) is 14.0 Å². The molecule has 96 valence electrons. The molecule has 0 fully saturated rings. The number of thioether (sulfide) groups is 1. The number of hydrogen-bond acceptors (Lipinski definition) is 5. The van der Waals surface area contributed by atoms with Crippen LogP contribution in [0.3, 0.4) is 0 Å². The van der Waals surface area contributed by atoms with Crippen LogP contribution >= 0.6 is 11.8 Å². The molecule has 1 amide bonds. The van der Waals surface area contributed by atoms with Crippen LogP contribution in [0.25, 0.3) is 0 Å². The van der Waals surface area contributed by atoms with E-state index in [2.05, 4.69) is 0 Å². The van der Waals surface area contributed by atoms with Gasteiger partial charge in [-0.1, -0.05) is 0 Å². The van der Waals surface area contributed by atoms with E-state index in [0.717, 1.165) is 0 Å². The maximum atomic E-state index is 11.5. The van der Waals surface area contributed by atoms with Crippen LogP contribution in [0.15, 0.2) is 0 Å². The molecule has 0 radical (unpaired) electrons. The number of ether oxygens (including phenoxy) is 1. The van der Waals surface area contributed by atoms with Gasteiger partial charge < -0.3 is 9.64 Å². The molecule has 0 aromatic rings. The van der Waals surface area contributed by atoms with Gasteiger partial charge in [0.05, 0.1) is 24.8 Å². The van der Waals surface area contributed by atoms with Crippen LogP contribution < -0.4 is 0 Å². The van der Waals surface area contributed by atoms with Gasteiger partial charge in [0.25, 0.3) is 0 Å². The predicted octanol–water partition coefficient (Wildman–Crippen LogP) is 1.04. The Morgan fingerprint density at radius 1 is 1.47 bits per heavy atom. The molecule has 5 nitrogen and oxygen atoms in total. The highest BCUT2D eigenvalue weighted by molar-refractivity contribution is 7.99. The molecule has 0 aromatic carbocycles. The van der Waals surface area contributed by atoms with E-state index in [4.69, 9.17) is 10.00 Å². The standard InChI is InChI=1S/C11H18N2O3S/c1-3-16-11(15)9-17-8-5-10(14)13(2)7-4-6-12/h3-5,7-9H2,1-2H3. The number of carbonyl (C=O) groups excluding carboxylic acids is 2. The monoisotopic (exact) mass is 258 g/mol. The third-order valence-electron chi connectivity index (χ3n) is 1.97. The summed E-state index contributed by atoms with van der Waals surface area (Å²) in [5.74, 6) is 0.622. The molecule has 0 bridgehead atoms. The minimum atomic E-state index is -0.247. The molecule has 0 aliphatic rings. The maximum absolute atomic E-state index is 11.5. The normalized spacial score (nSPS) is 9.47. The largest absolute Gasteiger partial charge is 0.465 e. The number of nitriles is 1. The van der Waals surface area contributed by atoms with Crippen LogP contribution in [-0.4, -0.2) is 48.5 Å². The van der Waals surface area contributed by atoms with Gasteiger partial charge in [0, 0.05) is 25.8 Å². The van der Waals surface area contributed by atoms with Crippen LogP contribution in [0.4, 0.5) is 0 Å². The van der Waals surface area contributed by atoms with Crippen molar-refractivity contribution in [3.8, 4) is 6.07 Å². The summed E-state index contributed by atoms with van der Waals surface area (Å²) in [6.07, 6.45) is 0.726. The third-order valence-corrected chi connectivity index (χ3v) is 2.90. The molecule has 0 aliphatic carbocycles. The molecule has 6 heteroatoms. The Morgan fingerprint density at radius 3 is 2.76 bits per heavy atom. The minimum absolute atomic E-state index is 0.00314. The first-order chi connectivity index (χ1) is 8.11. The van der Waals surface area contributed by atoms with E-state index in [0.29, 0.717) is 31.7 Å². The Bertz CT molecular complexity index is 289. The van der Waals surface area contributed by atoms with Crippen LogP contribution in [0.1, 0.15) is 19.8 Å². The lowest BCUT2D eigenvalue weighted by Gasteiger charge is -2.14. The fraction of sp³-hybridized carbons (Fsp3) is 0.727. The first-order valence-electron chi connectivity index (χ1n) is 5.46. The summed E-state index contributed by atoms with van der Waals surface area (Å²) in [6.45, 7) is 2.60. The van der Waals surface area contributed by atoms with Gasteiger partial charge in [-0.25, -0.2) is 0 Å². The quantitative estimate of drug-likeness (QED) is 0.480. The first-order valence-corrected chi connectivity index (χ1v) is 6.61. The van der Waals surface area contributed by atoms with Crippen molar-refractivity contribution in [2.75, 3.05) is 31.7 Å². The van der Waals surface area contributed by atoms with Crippen molar-refractivity contribution in [3.05, 3.63) is 0 Å². The second kappa shape index (κ2) is 9.97. The highest BCUT2D eigenvalue weighted by Crippen LogP contribution is 2.05. The Balaban J connectivity index is 3.57. The van der Waals surface area contributed by atoms with E-state index in [-0.39, 0.29) is 17.6 Å². The Labute approximate surface area is 106 Å². The van der Waals surface area contributed by atoms with Gasteiger partial charge in [0.2, 0.25) is 5.91 Å². The highest BCUT2D eigenvalue weighted by atomic mass is 32.2. The van der Waals surface area contributed by atoms with Crippen LogP contribution in [0.5, 0.6) is 0 Å². The van der Waals surface area contributed by atoms with Crippen molar-refractivity contribution in [2.24, 2.45) is 0 Å². The molecule has 0 saturated carbocycles. The number of rotatable bonds is 8. The molecule has 0 N–H and O–H groups in total. The Kier molecular flexibility index (Phi) is 9.25. The van der Waals surface area contributed by atoms with Crippen LogP contribution in [0.2, 0.25) is 0 Å². The summed E-state index contributed by atoms with van der Waals surface area (Å²) < 4.78 is 4.76. The average molecular weight is 258 g/mol. The van der Waals surface area contributed by atoms with Crippen molar-refractivity contribution < 1.29 is 14.3 Å². The van der Waals surface area contributed by atoms with Gasteiger partial charge in [-0.3, -0.25) is 9.59 Å². The molecule has 0 aliphatic heterocycles. The lowest BCUT2D eigenvalue weighted by molar-refractivity contribution is -0.139. The van der Waals surface area contributed by atoms with Gasteiger partial charge in [-0.2, -0.15) is 5.26 Å². The molecular weight excluding hydrogens is 240 g/mol. The summed E-state index contributed by atoms with van der Waals surface area (Å²) in [6, 6.07) is 1.99. The summed E-state index contributed by atoms with van der Waals surface area (Å²) in [5.41, 5.74) is 0. The Hall–Kier alpha value is -1.22. The number of hydrogen-bond donors (Lipinski definition) is 0. The molecule has 17 heavy (non-hydrogen) atoms. The maximum Gasteiger partial charge on any atom is 0.315 e. The summed E-state index contributed by atoms with van der Waals surface area (Å²) in [5, 5.41) is 8.38. The topological polar surface area (TPSA) is 70.4 Å². The van der Waals surface area contributed by atoms with Gasteiger partial charge >= 0.3 is 5.97 Å². The lowest BCUT2D eigenvalue weighted by Crippen LogP contribution is -2.27. The smallest absolute Gasteiger partial charge is 0.315 e. The van der Waals surface area contributed by atoms with E-state index >= 15 is 0 Å². The first kappa shape index (κ1) is 15.8. The number of esters is 1. The fourth-order valence-corrected chi connectivity index (χ4v) is 1.76. The molecule has 0 atom stereocenters. The van der Waals surface area contributed by atoms with Gasteiger partial charge in [-0.15, -0.1) is 11.8 Å². The lowest BCUT2D eigenvalue weighted by atomic mass is 10.3. The van der Waals surface area contributed by atoms with E-state index in [9.17, 15) is 9.59 Å². The zero-order chi connectivity index (χ0) is 13.1. The predicted molar refractivity (Wildman–Crippen MR) is 66.4 cm³/mol. The third kappa shape index (κ3) is 8.57. The Morgan fingerprint density at radius 2 is 2.18 bits per heavy atom. The van der Waals surface area contributed by atoms with Crippen molar-refractivity contribution in [3.63, 3.8) is 0 Å². The highest BCUT2D eigenvalue weighted by Gasteiger charge is 2.08. The number of carbonyl (C=O) groups is 2. The molecule has 0 aromatic heterocycles.